The van der Waals surface area contributed by atoms with E-state index in [4.69, 9.17) is 0 Å². The molecule has 0 bridgehead atoms. The van der Waals surface area contributed by atoms with Crippen LogP contribution in [0.15, 0.2) is 60.7 Å². The zero-order chi connectivity index (χ0) is 15.1. The Kier molecular flexibility index (Phi) is 5.09. The minimum Gasteiger partial charge on any atom is -0.394 e. The van der Waals surface area contributed by atoms with Gasteiger partial charge in [-0.1, -0.05) is 48.5 Å². The van der Waals surface area contributed by atoms with Gasteiger partial charge in [0.2, 0.25) is 5.91 Å². The number of carbonyl (C=O) groups is 1. The van der Waals surface area contributed by atoms with Crippen molar-refractivity contribution in [2.45, 2.75) is 12.5 Å². The van der Waals surface area contributed by atoms with Crippen LogP contribution in [0.1, 0.15) is 12.5 Å². The molecule has 2 aromatic rings. The summed E-state index contributed by atoms with van der Waals surface area (Å²) in [6.07, 6.45) is 0. The number of benzene rings is 2. The normalized spacial score (nSPS) is 13.4. The summed E-state index contributed by atoms with van der Waals surface area (Å²) >= 11 is 0. The van der Waals surface area contributed by atoms with Gasteiger partial charge in [0.15, 0.2) is 0 Å². The molecule has 1 unspecified atom stereocenters. The van der Waals surface area contributed by atoms with Crippen molar-refractivity contribution in [3.63, 3.8) is 0 Å². The predicted octanol–water partition coefficient (Wildman–Crippen LogP) is 2.12. The highest BCUT2D eigenvalue weighted by atomic mass is 16.3. The molecule has 2 aromatic carbocycles. The second-order valence-electron chi connectivity index (χ2n) is 5.12. The average molecular weight is 284 g/mol. The molecule has 4 nitrogen and oxygen atoms in total. The van der Waals surface area contributed by atoms with Crippen LogP contribution in [0.2, 0.25) is 0 Å². The van der Waals surface area contributed by atoms with E-state index >= 15 is 0 Å². The lowest BCUT2D eigenvalue weighted by Crippen LogP contribution is -2.46. The summed E-state index contributed by atoms with van der Waals surface area (Å²) in [5, 5.41) is 15.6. The van der Waals surface area contributed by atoms with E-state index in [1.54, 1.807) is 0 Å². The largest absolute Gasteiger partial charge is 0.394 e. The minimum atomic E-state index is -0.644. The summed E-state index contributed by atoms with van der Waals surface area (Å²) in [5.41, 5.74) is 1.06. The van der Waals surface area contributed by atoms with Crippen LogP contribution in [0, 0.1) is 0 Å². The molecular formula is C17H20N2O2. The molecule has 110 valence electrons. The maximum atomic E-state index is 12.0. The van der Waals surface area contributed by atoms with Gasteiger partial charge in [0.25, 0.3) is 0 Å². The van der Waals surface area contributed by atoms with E-state index in [9.17, 15) is 9.90 Å². The van der Waals surface area contributed by atoms with Gasteiger partial charge < -0.3 is 10.4 Å². The summed E-state index contributed by atoms with van der Waals surface area (Å²) in [6.45, 7) is 1.91. The maximum Gasteiger partial charge on any atom is 0.238 e. The highest BCUT2D eigenvalue weighted by Gasteiger charge is 2.25. The summed E-state index contributed by atoms with van der Waals surface area (Å²) in [4.78, 5) is 12.0. The second kappa shape index (κ2) is 7.02. The Balaban J connectivity index is 1.96. The van der Waals surface area contributed by atoms with Crippen LogP contribution in [0.5, 0.6) is 0 Å². The maximum absolute atomic E-state index is 12.0. The van der Waals surface area contributed by atoms with E-state index in [0.717, 1.165) is 11.3 Å². The van der Waals surface area contributed by atoms with E-state index < -0.39 is 5.54 Å². The first-order chi connectivity index (χ1) is 10.1. The lowest BCUT2D eigenvalue weighted by Gasteiger charge is -2.29. The summed E-state index contributed by atoms with van der Waals surface area (Å²) < 4.78 is 0. The molecule has 21 heavy (non-hydrogen) atoms. The van der Waals surface area contributed by atoms with E-state index in [0.29, 0.717) is 0 Å². The first-order valence-corrected chi connectivity index (χ1v) is 6.90. The van der Waals surface area contributed by atoms with E-state index in [1.165, 1.54) is 0 Å². The van der Waals surface area contributed by atoms with Gasteiger partial charge in [0, 0.05) is 5.69 Å². The van der Waals surface area contributed by atoms with Gasteiger partial charge in [0.1, 0.15) is 0 Å². The van der Waals surface area contributed by atoms with E-state index in [-0.39, 0.29) is 19.1 Å². The molecule has 0 saturated carbocycles. The molecule has 0 aliphatic carbocycles. The Morgan fingerprint density at radius 3 is 2.19 bits per heavy atom. The first-order valence-electron chi connectivity index (χ1n) is 6.90. The van der Waals surface area contributed by atoms with E-state index in [1.807, 2.05) is 67.6 Å². The monoisotopic (exact) mass is 284 g/mol. The molecule has 4 heteroatoms. The molecule has 1 amide bonds. The molecule has 1 atom stereocenters. The second-order valence-corrected chi connectivity index (χ2v) is 5.12. The van der Waals surface area contributed by atoms with Crippen molar-refractivity contribution in [1.29, 1.82) is 0 Å². The van der Waals surface area contributed by atoms with Crippen LogP contribution in [0.3, 0.4) is 0 Å². The fraction of sp³-hybridized carbons (Fsp3) is 0.235. The molecule has 0 aliphatic heterocycles. The lowest BCUT2D eigenvalue weighted by molar-refractivity contribution is -0.115. The molecule has 0 radical (unpaired) electrons. The molecule has 0 spiro atoms. The number of nitrogens with one attached hydrogen (secondary N) is 2. The number of rotatable bonds is 6. The van der Waals surface area contributed by atoms with Gasteiger partial charge in [-0.3, -0.25) is 10.1 Å². The summed E-state index contributed by atoms with van der Waals surface area (Å²) in [6, 6.07) is 18.9. The molecule has 0 saturated heterocycles. The van der Waals surface area contributed by atoms with Crippen molar-refractivity contribution in [2.24, 2.45) is 0 Å². The first kappa shape index (κ1) is 15.2. The van der Waals surface area contributed by atoms with Gasteiger partial charge in [-0.25, -0.2) is 0 Å². The molecular weight excluding hydrogens is 264 g/mol. The Labute approximate surface area is 124 Å². The summed E-state index contributed by atoms with van der Waals surface area (Å²) in [5.74, 6) is -0.142. The van der Waals surface area contributed by atoms with Crippen molar-refractivity contribution in [2.75, 3.05) is 18.5 Å². The van der Waals surface area contributed by atoms with Gasteiger partial charge in [-0.15, -0.1) is 0 Å². The number of aliphatic hydroxyl groups is 1. The van der Waals surface area contributed by atoms with Crippen LogP contribution in [-0.4, -0.2) is 24.2 Å². The number of para-hydroxylation sites is 1. The van der Waals surface area contributed by atoms with Crippen molar-refractivity contribution in [3.05, 3.63) is 66.2 Å². The van der Waals surface area contributed by atoms with Crippen LogP contribution >= 0.6 is 0 Å². The minimum absolute atomic E-state index is 0.0877. The third-order valence-electron chi connectivity index (χ3n) is 3.42. The molecule has 3 N–H and O–H groups in total. The Morgan fingerprint density at radius 2 is 1.62 bits per heavy atom. The van der Waals surface area contributed by atoms with Crippen LogP contribution in [0.4, 0.5) is 5.69 Å². The smallest absolute Gasteiger partial charge is 0.238 e. The molecule has 0 fully saturated rings. The lowest BCUT2D eigenvalue weighted by atomic mass is 9.93. The van der Waals surface area contributed by atoms with Gasteiger partial charge in [-0.05, 0) is 24.6 Å². The number of anilines is 1. The number of hydrogen-bond acceptors (Lipinski definition) is 3. The standard InChI is InChI=1S/C17H20N2O2/c1-17(13-20,14-8-4-2-5-9-14)18-12-16(21)19-15-10-6-3-7-11-15/h2-11,18,20H,12-13H2,1H3,(H,19,21). The highest BCUT2D eigenvalue weighted by Crippen LogP contribution is 2.19. The number of amides is 1. The van der Waals surface area contributed by atoms with Crippen molar-refractivity contribution in [3.8, 4) is 0 Å². The van der Waals surface area contributed by atoms with Crippen LogP contribution in [0.25, 0.3) is 0 Å². The van der Waals surface area contributed by atoms with Crippen LogP contribution < -0.4 is 10.6 Å². The zero-order valence-corrected chi connectivity index (χ0v) is 12.0. The zero-order valence-electron chi connectivity index (χ0n) is 12.0. The molecule has 2 rings (SSSR count). The van der Waals surface area contributed by atoms with Gasteiger partial charge in [-0.2, -0.15) is 0 Å². The van der Waals surface area contributed by atoms with Crippen molar-refractivity contribution >= 4 is 11.6 Å². The topological polar surface area (TPSA) is 61.4 Å². The summed E-state index contributed by atoms with van der Waals surface area (Å²) in [7, 11) is 0. The highest BCUT2D eigenvalue weighted by molar-refractivity contribution is 5.92. The van der Waals surface area contributed by atoms with Gasteiger partial charge >= 0.3 is 0 Å². The number of carbonyl (C=O) groups excluding carboxylic acids is 1. The van der Waals surface area contributed by atoms with Crippen molar-refractivity contribution in [1.82, 2.24) is 5.32 Å². The Morgan fingerprint density at radius 1 is 1.05 bits per heavy atom. The van der Waals surface area contributed by atoms with Gasteiger partial charge in [0.05, 0.1) is 18.7 Å². The van der Waals surface area contributed by atoms with E-state index in [2.05, 4.69) is 10.6 Å². The van der Waals surface area contributed by atoms with Crippen molar-refractivity contribution < 1.29 is 9.90 Å². The average Bonchev–Trinajstić information content (AvgIpc) is 2.54. The Hall–Kier alpha value is -2.17. The third-order valence-corrected chi connectivity index (χ3v) is 3.42. The third kappa shape index (κ3) is 4.15. The fourth-order valence-electron chi connectivity index (χ4n) is 2.06. The quantitative estimate of drug-likeness (QED) is 0.761. The fourth-order valence-corrected chi connectivity index (χ4v) is 2.06. The number of hydrogen-bond donors (Lipinski definition) is 3. The molecule has 0 heterocycles. The predicted molar refractivity (Wildman–Crippen MR) is 84.0 cm³/mol. The van der Waals surface area contributed by atoms with Crippen LogP contribution in [-0.2, 0) is 10.3 Å². The SMILES string of the molecule is CC(CO)(NCC(=O)Nc1ccccc1)c1ccccc1. The molecule has 0 aromatic heterocycles. The number of aliphatic hydroxyl groups excluding tert-OH is 1. The molecule has 0 aliphatic rings. The Bertz CT molecular complexity index is 572.